The smallest absolute Gasteiger partial charge is 0.277 e. The third-order valence-corrected chi connectivity index (χ3v) is 4.40. The van der Waals surface area contributed by atoms with Crippen molar-refractivity contribution in [3.05, 3.63) is 58.4 Å². The number of aromatic nitrogens is 4. The van der Waals surface area contributed by atoms with E-state index in [0.29, 0.717) is 39.4 Å². The number of halogens is 1. The second-order valence-electron chi connectivity index (χ2n) is 6.26. The van der Waals surface area contributed by atoms with E-state index in [1.54, 1.807) is 38.2 Å². The minimum absolute atomic E-state index is 0.257. The van der Waals surface area contributed by atoms with Crippen LogP contribution in [0.15, 0.2) is 34.9 Å². The molecule has 136 valence electrons. The van der Waals surface area contributed by atoms with Crippen LogP contribution in [-0.4, -0.2) is 25.8 Å². The standard InChI is InChI=1S/C19H16ClN5O2/c1-9-6-15-18(21-8-9)25-17(24-15)13-7-12(4-5-14(13)20)23-19(26)16-10(2)27-11(3)22-16/h4-8H,1-3H3,(H,23,26)(H,21,24,25). The molecule has 0 aliphatic heterocycles. The van der Waals surface area contributed by atoms with Crippen LogP contribution >= 0.6 is 11.6 Å². The fourth-order valence-electron chi connectivity index (χ4n) is 2.85. The molecule has 0 aliphatic rings. The number of hydrogen-bond donors (Lipinski definition) is 2. The van der Waals surface area contributed by atoms with E-state index < -0.39 is 0 Å². The van der Waals surface area contributed by atoms with Crippen molar-refractivity contribution in [2.45, 2.75) is 20.8 Å². The van der Waals surface area contributed by atoms with Gasteiger partial charge >= 0.3 is 0 Å². The molecule has 0 unspecified atom stereocenters. The lowest BCUT2D eigenvalue weighted by atomic mass is 10.2. The Labute approximate surface area is 159 Å². The van der Waals surface area contributed by atoms with Gasteiger partial charge in [-0.1, -0.05) is 11.6 Å². The highest BCUT2D eigenvalue weighted by atomic mass is 35.5. The van der Waals surface area contributed by atoms with Gasteiger partial charge in [-0.25, -0.2) is 15.0 Å². The number of aromatic amines is 1. The van der Waals surface area contributed by atoms with Crippen molar-refractivity contribution >= 4 is 34.4 Å². The third-order valence-electron chi connectivity index (χ3n) is 4.07. The first-order chi connectivity index (χ1) is 12.9. The zero-order valence-electron chi connectivity index (χ0n) is 14.9. The SMILES string of the molecule is Cc1cnc2nc(-c3cc(NC(=O)c4nc(C)oc4C)ccc3Cl)[nH]c2c1. The van der Waals surface area contributed by atoms with Crippen LogP contribution in [0.2, 0.25) is 5.02 Å². The summed E-state index contributed by atoms with van der Waals surface area (Å²) < 4.78 is 5.31. The van der Waals surface area contributed by atoms with E-state index in [-0.39, 0.29) is 11.6 Å². The molecule has 0 bridgehead atoms. The number of imidazole rings is 1. The number of anilines is 1. The van der Waals surface area contributed by atoms with Gasteiger partial charge in [0.2, 0.25) is 0 Å². The number of carbonyl (C=O) groups excluding carboxylic acids is 1. The van der Waals surface area contributed by atoms with Gasteiger partial charge in [0.15, 0.2) is 17.2 Å². The predicted molar refractivity (Wildman–Crippen MR) is 103 cm³/mol. The van der Waals surface area contributed by atoms with Crippen molar-refractivity contribution in [1.82, 2.24) is 19.9 Å². The van der Waals surface area contributed by atoms with Crippen LogP contribution in [0.3, 0.4) is 0 Å². The Kier molecular flexibility index (Phi) is 4.16. The fourth-order valence-corrected chi connectivity index (χ4v) is 3.05. The lowest BCUT2D eigenvalue weighted by Gasteiger charge is -2.07. The average molecular weight is 382 g/mol. The molecular formula is C19H16ClN5O2. The summed E-state index contributed by atoms with van der Waals surface area (Å²) in [7, 11) is 0. The normalized spacial score (nSPS) is 11.1. The van der Waals surface area contributed by atoms with Gasteiger partial charge in [0.1, 0.15) is 11.6 Å². The number of carbonyl (C=O) groups is 1. The molecule has 0 atom stereocenters. The van der Waals surface area contributed by atoms with Gasteiger partial charge in [-0.15, -0.1) is 0 Å². The second-order valence-corrected chi connectivity index (χ2v) is 6.66. The first kappa shape index (κ1) is 17.2. The summed E-state index contributed by atoms with van der Waals surface area (Å²) in [5.41, 5.74) is 3.96. The van der Waals surface area contributed by atoms with Crippen LogP contribution in [0.4, 0.5) is 5.69 Å². The Morgan fingerprint density at radius 1 is 1.19 bits per heavy atom. The fraction of sp³-hybridized carbons (Fsp3) is 0.158. The lowest BCUT2D eigenvalue weighted by Crippen LogP contribution is -2.13. The topological polar surface area (TPSA) is 96.7 Å². The molecule has 0 spiro atoms. The monoisotopic (exact) mass is 381 g/mol. The van der Waals surface area contributed by atoms with Crippen molar-refractivity contribution < 1.29 is 9.21 Å². The molecule has 3 heterocycles. The summed E-state index contributed by atoms with van der Waals surface area (Å²) in [5, 5.41) is 3.33. The molecule has 3 aromatic heterocycles. The maximum Gasteiger partial charge on any atom is 0.277 e. The van der Waals surface area contributed by atoms with Crippen LogP contribution in [0, 0.1) is 20.8 Å². The molecule has 2 N–H and O–H groups in total. The number of oxazole rings is 1. The second kappa shape index (κ2) is 6.51. The van der Waals surface area contributed by atoms with Crippen molar-refractivity contribution in [3.8, 4) is 11.4 Å². The minimum atomic E-state index is -0.348. The summed E-state index contributed by atoms with van der Waals surface area (Å²) in [4.78, 5) is 28.6. The Balaban J connectivity index is 1.68. The minimum Gasteiger partial charge on any atom is -0.445 e. The molecule has 27 heavy (non-hydrogen) atoms. The van der Waals surface area contributed by atoms with E-state index in [1.165, 1.54) is 0 Å². The molecule has 0 aliphatic carbocycles. The van der Waals surface area contributed by atoms with Crippen LogP contribution in [0.5, 0.6) is 0 Å². The molecule has 4 rings (SSSR count). The summed E-state index contributed by atoms with van der Waals surface area (Å²) in [6.45, 7) is 5.36. The number of hydrogen-bond acceptors (Lipinski definition) is 5. The largest absolute Gasteiger partial charge is 0.445 e. The van der Waals surface area contributed by atoms with E-state index >= 15 is 0 Å². The van der Waals surface area contributed by atoms with Crippen molar-refractivity contribution in [2.24, 2.45) is 0 Å². The van der Waals surface area contributed by atoms with Gasteiger partial charge < -0.3 is 14.7 Å². The van der Waals surface area contributed by atoms with Gasteiger partial charge in [-0.05, 0) is 43.7 Å². The van der Waals surface area contributed by atoms with Gasteiger partial charge in [-0.3, -0.25) is 4.79 Å². The molecule has 8 heteroatoms. The highest BCUT2D eigenvalue weighted by Crippen LogP contribution is 2.30. The van der Waals surface area contributed by atoms with Crippen LogP contribution in [0.25, 0.3) is 22.6 Å². The summed E-state index contributed by atoms with van der Waals surface area (Å²) >= 11 is 6.35. The average Bonchev–Trinajstić information content (AvgIpc) is 3.18. The van der Waals surface area contributed by atoms with Crippen LogP contribution in [0.1, 0.15) is 27.7 Å². The van der Waals surface area contributed by atoms with Gasteiger partial charge in [0.05, 0.1) is 10.5 Å². The van der Waals surface area contributed by atoms with Crippen LogP contribution < -0.4 is 5.32 Å². The molecule has 7 nitrogen and oxygen atoms in total. The number of fused-ring (bicyclic) bond motifs is 1. The molecule has 4 aromatic rings. The molecule has 0 fully saturated rings. The Morgan fingerprint density at radius 3 is 2.74 bits per heavy atom. The maximum absolute atomic E-state index is 12.5. The molecule has 0 saturated carbocycles. The van der Waals surface area contributed by atoms with Gasteiger partial charge in [-0.2, -0.15) is 0 Å². The Morgan fingerprint density at radius 2 is 2.00 bits per heavy atom. The molecule has 0 radical (unpaired) electrons. The number of nitrogens with one attached hydrogen (secondary N) is 2. The van der Waals surface area contributed by atoms with Gasteiger partial charge in [0, 0.05) is 24.4 Å². The number of benzene rings is 1. The number of aryl methyl sites for hydroxylation is 3. The van der Waals surface area contributed by atoms with E-state index in [2.05, 4.69) is 25.3 Å². The molecule has 0 saturated heterocycles. The summed E-state index contributed by atoms with van der Waals surface area (Å²) in [6.07, 6.45) is 1.76. The number of amides is 1. The van der Waals surface area contributed by atoms with E-state index in [4.69, 9.17) is 16.0 Å². The molecule has 1 amide bonds. The molecular weight excluding hydrogens is 366 g/mol. The van der Waals surface area contributed by atoms with Crippen molar-refractivity contribution in [3.63, 3.8) is 0 Å². The number of H-pyrrole nitrogens is 1. The quantitative estimate of drug-likeness (QED) is 0.546. The predicted octanol–water partition coefficient (Wildman–Crippen LogP) is 4.44. The summed E-state index contributed by atoms with van der Waals surface area (Å²) in [5.74, 6) is 1.15. The van der Waals surface area contributed by atoms with Crippen molar-refractivity contribution in [2.75, 3.05) is 5.32 Å². The summed E-state index contributed by atoms with van der Waals surface area (Å²) in [6, 6.07) is 7.15. The Hall–Kier alpha value is -3.19. The third kappa shape index (κ3) is 3.29. The first-order valence-electron chi connectivity index (χ1n) is 8.28. The van der Waals surface area contributed by atoms with E-state index in [1.807, 2.05) is 13.0 Å². The first-order valence-corrected chi connectivity index (χ1v) is 8.66. The van der Waals surface area contributed by atoms with Crippen molar-refractivity contribution in [1.29, 1.82) is 0 Å². The maximum atomic E-state index is 12.5. The zero-order valence-corrected chi connectivity index (χ0v) is 15.7. The lowest BCUT2D eigenvalue weighted by molar-refractivity contribution is 0.102. The number of nitrogens with zero attached hydrogens (tertiary/aromatic N) is 3. The van der Waals surface area contributed by atoms with Crippen LogP contribution in [-0.2, 0) is 0 Å². The number of pyridine rings is 1. The van der Waals surface area contributed by atoms with Gasteiger partial charge in [0.25, 0.3) is 5.91 Å². The van der Waals surface area contributed by atoms with E-state index in [0.717, 1.165) is 11.1 Å². The highest BCUT2D eigenvalue weighted by molar-refractivity contribution is 6.33. The zero-order chi connectivity index (χ0) is 19.1. The molecule has 1 aromatic carbocycles. The van der Waals surface area contributed by atoms with E-state index in [9.17, 15) is 4.79 Å². The Bertz CT molecular complexity index is 1180. The highest BCUT2D eigenvalue weighted by Gasteiger charge is 2.17. The number of rotatable bonds is 3.